The van der Waals surface area contributed by atoms with Crippen molar-refractivity contribution < 1.29 is 14.3 Å². The summed E-state index contributed by atoms with van der Waals surface area (Å²) < 4.78 is 5.33. The van der Waals surface area contributed by atoms with E-state index in [1.807, 2.05) is 31.2 Å². The summed E-state index contributed by atoms with van der Waals surface area (Å²) in [4.78, 5) is 42.9. The van der Waals surface area contributed by atoms with Crippen molar-refractivity contribution in [1.82, 2.24) is 19.9 Å². The summed E-state index contributed by atoms with van der Waals surface area (Å²) in [5.41, 5.74) is 10.9. The van der Waals surface area contributed by atoms with Crippen LogP contribution in [0, 0.1) is 6.92 Å². The molecule has 3 heterocycles. The van der Waals surface area contributed by atoms with E-state index >= 15 is 0 Å². The second kappa shape index (κ2) is 11.6. The van der Waals surface area contributed by atoms with E-state index in [0.29, 0.717) is 49.1 Å². The molecule has 6 rings (SSSR count). The first-order chi connectivity index (χ1) is 19.9. The molecule has 4 aromatic rings. The minimum atomic E-state index is -0.113. The van der Waals surface area contributed by atoms with Gasteiger partial charge < -0.3 is 26.0 Å². The van der Waals surface area contributed by atoms with Gasteiger partial charge in [-0.15, -0.1) is 11.3 Å². The van der Waals surface area contributed by atoms with E-state index < -0.39 is 0 Å². The summed E-state index contributed by atoms with van der Waals surface area (Å²) in [6, 6.07) is 14.8. The van der Waals surface area contributed by atoms with Gasteiger partial charge in [0.2, 0.25) is 11.9 Å². The normalized spacial score (nSPS) is 14.8. The zero-order valence-electron chi connectivity index (χ0n) is 22.8. The maximum atomic E-state index is 13.1. The molecule has 0 bridgehead atoms. The number of aryl methyl sites for hydroxylation is 2. The third-order valence-electron chi connectivity index (χ3n) is 7.38. The molecule has 0 unspecified atom stereocenters. The molecule has 0 spiro atoms. The number of hydrogen-bond donors (Lipinski definition) is 3. The van der Waals surface area contributed by atoms with Crippen molar-refractivity contribution in [2.45, 2.75) is 32.6 Å². The Kier molecular flexibility index (Phi) is 7.62. The predicted molar refractivity (Wildman–Crippen MR) is 160 cm³/mol. The molecule has 4 N–H and O–H groups in total. The Hall–Kier alpha value is -4.35. The largest absolute Gasteiger partial charge is 0.378 e. The average Bonchev–Trinajstić information content (AvgIpc) is 3.43. The molecular weight excluding hydrogens is 538 g/mol. The molecule has 2 aliphatic rings. The highest BCUT2D eigenvalue weighted by molar-refractivity contribution is 7.14. The summed E-state index contributed by atoms with van der Waals surface area (Å²) in [6.45, 7) is 4.21. The number of nitrogen functional groups attached to an aromatic ring is 1. The van der Waals surface area contributed by atoms with Crippen LogP contribution in [0.5, 0.6) is 0 Å². The van der Waals surface area contributed by atoms with E-state index in [1.54, 1.807) is 40.5 Å². The molecule has 10 nitrogen and oxygen atoms in total. The molecule has 1 fully saturated rings. The Morgan fingerprint density at radius 3 is 2.56 bits per heavy atom. The van der Waals surface area contributed by atoms with Crippen LogP contribution in [0.25, 0.3) is 11.4 Å². The Labute approximate surface area is 242 Å². The number of carbonyl (C=O) groups is 2. The van der Waals surface area contributed by atoms with Gasteiger partial charge in [-0.2, -0.15) is 15.0 Å². The maximum absolute atomic E-state index is 13.1. The fourth-order valence-electron chi connectivity index (χ4n) is 5.14. The van der Waals surface area contributed by atoms with Crippen molar-refractivity contribution in [3.05, 3.63) is 75.0 Å². The number of benzene rings is 2. The number of rotatable bonds is 6. The maximum Gasteiger partial charge on any atom is 0.265 e. The number of amides is 2. The van der Waals surface area contributed by atoms with E-state index in [-0.39, 0.29) is 23.7 Å². The van der Waals surface area contributed by atoms with Crippen LogP contribution in [-0.4, -0.2) is 58.0 Å². The molecule has 1 saturated heterocycles. The number of hydrogen-bond acceptors (Lipinski definition) is 9. The number of nitrogens with one attached hydrogen (secondary N) is 2. The van der Waals surface area contributed by atoms with Gasteiger partial charge in [-0.3, -0.25) is 9.59 Å². The summed E-state index contributed by atoms with van der Waals surface area (Å²) in [7, 11) is 0. The first-order valence-corrected chi connectivity index (χ1v) is 14.5. The third kappa shape index (κ3) is 5.91. The van der Waals surface area contributed by atoms with E-state index in [0.717, 1.165) is 28.8 Å². The minimum absolute atomic E-state index is 0.0207. The van der Waals surface area contributed by atoms with Gasteiger partial charge in [0.25, 0.3) is 11.8 Å². The highest BCUT2D eigenvalue weighted by Crippen LogP contribution is 2.32. The number of fused-ring (bicyclic) bond motifs is 1. The zero-order valence-corrected chi connectivity index (χ0v) is 23.6. The van der Waals surface area contributed by atoms with Crippen molar-refractivity contribution in [1.29, 1.82) is 0 Å². The van der Waals surface area contributed by atoms with Crippen LogP contribution >= 0.6 is 11.3 Å². The van der Waals surface area contributed by atoms with Crippen molar-refractivity contribution in [3.8, 4) is 11.4 Å². The van der Waals surface area contributed by atoms with Crippen LogP contribution in [0.3, 0.4) is 0 Å². The Morgan fingerprint density at radius 1 is 1.00 bits per heavy atom. The average molecular weight is 570 g/mol. The molecule has 41 heavy (non-hydrogen) atoms. The molecule has 0 radical (unpaired) electrons. The number of nitrogens with two attached hydrogens (primary N) is 1. The second-order valence-electron chi connectivity index (χ2n) is 10.1. The number of aromatic nitrogens is 3. The topological polar surface area (TPSA) is 135 Å². The number of ether oxygens (including phenoxy) is 1. The van der Waals surface area contributed by atoms with Gasteiger partial charge in [-0.25, -0.2) is 0 Å². The molecule has 210 valence electrons. The predicted octanol–water partition coefficient (Wildman–Crippen LogP) is 4.84. The SMILES string of the molecule is Cc1c(NC(=O)c2cc3c(s2)CCCC3)cccc1-c1nc(N)nc(Nc2ccc(C(=O)N3CCOCC3)cc2)n1. The minimum Gasteiger partial charge on any atom is -0.378 e. The van der Waals surface area contributed by atoms with E-state index in [4.69, 9.17) is 10.5 Å². The highest BCUT2D eigenvalue weighted by Gasteiger charge is 2.20. The van der Waals surface area contributed by atoms with Crippen LogP contribution in [-0.2, 0) is 17.6 Å². The monoisotopic (exact) mass is 569 g/mol. The molecule has 1 aliphatic carbocycles. The smallest absolute Gasteiger partial charge is 0.265 e. The number of carbonyl (C=O) groups excluding carboxylic acids is 2. The Bertz CT molecular complexity index is 1570. The van der Waals surface area contributed by atoms with Gasteiger partial charge >= 0.3 is 0 Å². The van der Waals surface area contributed by atoms with Gasteiger partial charge in [0.05, 0.1) is 18.1 Å². The lowest BCUT2D eigenvalue weighted by molar-refractivity contribution is 0.0303. The van der Waals surface area contributed by atoms with Crippen LogP contribution in [0.1, 0.15) is 48.9 Å². The number of nitrogens with zero attached hydrogens (tertiary/aromatic N) is 4. The number of thiophene rings is 1. The Balaban J connectivity index is 1.19. The lowest BCUT2D eigenvalue weighted by Gasteiger charge is -2.26. The van der Waals surface area contributed by atoms with Crippen molar-refractivity contribution in [3.63, 3.8) is 0 Å². The summed E-state index contributed by atoms with van der Waals surface area (Å²) in [5.74, 6) is 0.595. The van der Waals surface area contributed by atoms with Crippen LogP contribution in [0.15, 0.2) is 48.5 Å². The molecule has 0 atom stereocenters. The molecule has 1 aliphatic heterocycles. The Morgan fingerprint density at radius 2 is 1.78 bits per heavy atom. The van der Waals surface area contributed by atoms with Gasteiger partial charge in [0, 0.05) is 40.5 Å². The lowest BCUT2D eigenvalue weighted by Crippen LogP contribution is -2.40. The van der Waals surface area contributed by atoms with Gasteiger partial charge in [-0.05, 0) is 80.1 Å². The molecule has 2 amide bonds. The summed E-state index contributed by atoms with van der Waals surface area (Å²) in [6.07, 6.45) is 4.45. The van der Waals surface area contributed by atoms with Crippen molar-refractivity contribution in [2.75, 3.05) is 42.7 Å². The summed E-state index contributed by atoms with van der Waals surface area (Å²) >= 11 is 1.59. The van der Waals surface area contributed by atoms with Gasteiger partial charge in [-0.1, -0.05) is 12.1 Å². The standard InChI is InChI=1S/C30H31N7O3S/c1-18-22(6-4-7-23(18)33-27(38)25-17-20-5-2-3-8-24(20)41-25)26-34-29(31)36-30(35-26)32-21-11-9-19(10-12-21)28(39)37-13-15-40-16-14-37/h4,6-7,9-12,17H,2-3,5,8,13-16H2,1H3,(H,33,38)(H3,31,32,34,35,36). The quantitative estimate of drug-likeness (QED) is 0.300. The molecule has 2 aromatic carbocycles. The summed E-state index contributed by atoms with van der Waals surface area (Å²) in [5, 5.41) is 6.22. The first-order valence-electron chi connectivity index (χ1n) is 13.7. The first kappa shape index (κ1) is 26.9. The van der Waals surface area contributed by atoms with Gasteiger partial charge in [0.15, 0.2) is 5.82 Å². The van der Waals surface area contributed by atoms with E-state index in [1.165, 1.54) is 23.3 Å². The van der Waals surface area contributed by atoms with Crippen LogP contribution < -0.4 is 16.4 Å². The highest BCUT2D eigenvalue weighted by atomic mass is 32.1. The molecule has 0 saturated carbocycles. The van der Waals surface area contributed by atoms with Gasteiger partial charge in [0.1, 0.15) is 0 Å². The van der Waals surface area contributed by atoms with Crippen LogP contribution in [0.4, 0.5) is 23.3 Å². The molecule has 2 aromatic heterocycles. The fraction of sp³-hybridized carbons (Fsp3) is 0.300. The molecular formula is C30H31N7O3S. The molecule has 11 heteroatoms. The van der Waals surface area contributed by atoms with Crippen molar-refractivity contribution in [2.24, 2.45) is 0 Å². The van der Waals surface area contributed by atoms with Crippen molar-refractivity contribution >= 4 is 46.4 Å². The van der Waals surface area contributed by atoms with Crippen LogP contribution in [0.2, 0.25) is 0 Å². The lowest BCUT2D eigenvalue weighted by atomic mass is 9.99. The third-order valence-corrected chi connectivity index (χ3v) is 8.62. The number of anilines is 4. The zero-order chi connectivity index (χ0) is 28.3. The second-order valence-corrected chi connectivity index (χ2v) is 11.3. The fourth-order valence-corrected chi connectivity index (χ4v) is 6.29. The van der Waals surface area contributed by atoms with E-state index in [2.05, 4.69) is 25.6 Å². The van der Waals surface area contributed by atoms with E-state index in [9.17, 15) is 9.59 Å². The number of morpholine rings is 1.